The van der Waals surface area contributed by atoms with Crippen molar-refractivity contribution in [2.24, 2.45) is 0 Å². The maximum Gasteiger partial charge on any atom is 0.310 e. The SMILES string of the molecule is CCOC(=O)Cc1ccc(Nc2nccs2)c(Cl)c1. The summed E-state index contributed by atoms with van der Waals surface area (Å²) in [7, 11) is 0. The number of esters is 1. The van der Waals surface area contributed by atoms with Crippen molar-refractivity contribution in [2.75, 3.05) is 11.9 Å². The van der Waals surface area contributed by atoms with Crippen molar-refractivity contribution < 1.29 is 9.53 Å². The molecule has 0 aliphatic rings. The van der Waals surface area contributed by atoms with Gasteiger partial charge in [-0.15, -0.1) is 11.3 Å². The van der Waals surface area contributed by atoms with Crippen LogP contribution in [0.2, 0.25) is 5.02 Å². The largest absolute Gasteiger partial charge is 0.466 e. The molecule has 1 N–H and O–H groups in total. The lowest BCUT2D eigenvalue weighted by Crippen LogP contribution is -2.07. The Labute approximate surface area is 120 Å². The number of anilines is 2. The number of nitrogens with zero attached hydrogens (tertiary/aromatic N) is 1. The van der Waals surface area contributed by atoms with Crippen molar-refractivity contribution in [3.63, 3.8) is 0 Å². The standard InChI is InChI=1S/C13H13ClN2O2S/c1-2-18-12(17)8-9-3-4-11(10(14)7-9)16-13-15-5-6-19-13/h3-7H,2,8H2,1H3,(H,15,16). The van der Waals surface area contributed by atoms with Crippen molar-refractivity contribution in [1.29, 1.82) is 0 Å². The molecule has 0 fully saturated rings. The zero-order valence-corrected chi connectivity index (χ0v) is 11.9. The van der Waals surface area contributed by atoms with E-state index < -0.39 is 0 Å². The van der Waals surface area contributed by atoms with E-state index in [0.29, 0.717) is 11.6 Å². The maximum absolute atomic E-state index is 11.4. The number of carbonyl (C=O) groups excluding carboxylic acids is 1. The van der Waals surface area contributed by atoms with Crippen molar-refractivity contribution in [2.45, 2.75) is 13.3 Å². The van der Waals surface area contributed by atoms with Crippen molar-refractivity contribution >= 4 is 39.7 Å². The van der Waals surface area contributed by atoms with Gasteiger partial charge in [0.15, 0.2) is 5.13 Å². The van der Waals surface area contributed by atoms with Crippen LogP contribution >= 0.6 is 22.9 Å². The van der Waals surface area contributed by atoms with E-state index >= 15 is 0 Å². The number of thiazole rings is 1. The lowest BCUT2D eigenvalue weighted by molar-refractivity contribution is -0.142. The highest BCUT2D eigenvalue weighted by molar-refractivity contribution is 7.13. The van der Waals surface area contributed by atoms with Crippen LogP contribution in [0.3, 0.4) is 0 Å². The second-order valence-corrected chi connectivity index (χ2v) is 5.06. The Balaban J connectivity index is 2.06. The zero-order chi connectivity index (χ0) is 13.7. The fourth-order valence-electron chi connectivity index (χ4n) is 1.55. The number of hydrogen-bond acceptors (Lipinski definition) is 5. The summed E-state index contributed by atoms with van der Waals surface area (Å²) >= 11 is 7.66. The van der Waals surface area contributed by atoms with Crippen molar-refractivity contribution in [1.82, 2.24) is 4.98 Å². The molecule has 0 saturated heterocycles. The van der Waals surface area contributed by atoms with Gasteiger partial charge in [0.05, 0.1) is 23.7 Å². The topological polar surface area (TPSA) is 51.2 Å². The molecule has 0 saturated carbocycles. The number of aromatic nitrogens is 1. The summed E-state index contributed by atoms with van der Waals surface area (Å²) in [6.45, 7) is 2.17. The number of rotatable bonds is 5. The number of hydrogen-bond donors (Lipinski definition) is 1. The van der Waals surface area contributed by atoms with Crippen LogP contribution in [0.15, 0.2) is 29.8 Å². The Kier molecular flexibility index (Phi) is 4.76. The van der Waals surface area contributed by atoms with Gasteiger partial charge in [0.1, 0.15) is 0 Å². The minimum Gasteiger partial charge on any atom is -0.466 e. The lowest BCUT2D eigenvalue weighted by atomic mass is 10.1. The molecule has 0 aliphatic carbocycles. The molecule has 0 amide bonds. The summed E-state index contributed by atoms with van der Waals surface area (Å²) in [5, 5.41) is 6.33. The third-order valence-electron chi connectivity index (χ3n) is 2.36. The molecule has 0 atom stereocenters. The average Bonchev–Trinajstić information content (AvgIpc) is 2.86. The van der Waals surface area contributed by atoms with E-state index in [9.17, 15) is 4.79 Å². The average molecular weight is 297 g/mol. The Morgan fingerprint density at radius 1 is 1.53 bits per heavy atom. The van der Waals surface area contributed by atoms with Crippen LogP contribution in [-0.2, 0) is 16.0 Å². The summed E-state index contributed by atoms with van der Waals surface area (Å²) in [6.07, 6.45) is 1.95. The van der Waals surface area contributed by atoms with E-state index in [1.54, 1.807) is 19.2 Å². The number of carbonyl (C=O) groups is 1. The summed E-state index contributed by atoms with van der Waals surface area (Å²) in [4.78, 5) is 15.5. The van der Waals surface area contributed by atoms with Gasteiger partial charge in [0.25, 0.3) is 0 Å². The van der Waals surface area contributed by atoms with E-state index in [2.05, 4.69) is 10.3 Å². The predicted octanol–water partition coefficient (Wildman–Crippen LogP) is 3.65. The van der Waals surface area contributed by atoms with Gasteiger partial charge in [-0.25, -0.2) is 4.98 Å². The number of benzene rings is 1. The highest BCUT2D eigenvalue weighted by atomic mass is 35.5. The van der Waals surface area contributed by atoms with Gasteiger partial charge in [-0.1, -0.05) is 17.7 Å². The molecule has 1 aromatic carbocycles. The molecule has 0 radical (unpaired) electrons. The summed E-state index contributed by atoms with van der Waals surface area (Å²) in [5.41, 5.74) is 1.59. The molecule has 19 heavy (non-hydrogen) atoms. The van der Waals surface area contributed by atoms with Crippen LogP contribution in [0.4, 0.5) is 10.8 Å². The molecule has 1 aromatic heterocycles. The first kappa shape index (κ1) is 13.8. The van der Waals surface area contributed by atoms with Gasteiger partial charge in [0.2, 0.25) is 0 Å². The normalized spacial score (nSPS) is 10.2. The molecule has 100 valence electrons. The molecule has 0 bridgehead atoms. The van der Waals surface area contributed by atoms with Crippen LogP contribution < -0.4 is 5.32 Å². The highest BCUT2D eigenvalue weighted by Gasteiger charge is 2.07. The van der Waals surface area contributed by atoms with Gasteiger partial charge in [-0.05, 0) is 24.6 Å². The van der Waals surface area contributed by atoms with Crippen LogP contribution in [0.1, 0.15) is 12.5 Å². The first-order valence-corrected chi connectivity index (χ1v) is 7.05. The molecule has 4 nitrogen and oxygen atoms in total. The molecule has 1 heterocycles. The quantitative estimate of drug-likeness (QED) is 0.856. The number of nitrogens with one attached hydrogen (secondary N) is 1. The fraction of sp³-hybridized carbons (Fsp3) is 0.231. The minimum atomic E-state index is -0.251. The molecular weight excluding hydrogens is 284 g/mol. The number of ether oxygens (including phenoxy) is 1. The summed E-state index contributed by atoms with van der Waals surface area (Å²) in [6, 6.07) is 5.44. The Bertz CT molecular complexity index is 558. The molecule has 2 rings (SSSR count). The zero-order valence-electron chi connectivity index (χ0n) is 10.4. The Morgan fingerprint density at radius 3 is 3.00 bits per heavy atom. The van der Waals surface area contributed by atoms with Gasteiger partial charge < -0.3 is 10.1 Å². The molecule has 0 spiro atoms. The van der Waals surface area contributed by atoms with Gasteiger partial charge in [-0.3, -0.25) is 4.79 Å². The monoisotopic (exact) mass is 296 g/mol. The highest BCUT2D eigenvalue weighted by Crippen LogP contribution is 2.27. The van der Waals surface area contributed by atoms with Crippen LogP contribution in [0.5, 0.6) is 0 Å². The lowest BCUT2D eigenvalue weighted by Gasteiger charge is -2.07. The van der Waals surface area contributed by atoms with E-state index in [-0.39, 0.29) is 12.4 Å². The van der Waals surface area contributed by atoms with E-state index in [1.165, 1.54) is 11.3 Å². The minimum absolute atomic E-state index is 0.227. The third kappa shape index (κ3) is 3.94. The molecule has 0 unspecified atom stereocenters. The first-order chi connectivity index (χ1) is 9.19. The molecule has 0 aliphatic heterocycles. The molecular formula is C13H13ClN2O2S. The van der Waals surface area contributed by atoms with Gasteiger partial charge in [-0.2, -0.15) is 0 Å². The fourth-order valence-corrected chi connectivity index (χ4v) is 2.34. The van der Waals surface area contributed by atoms with Crippen LogP contribution in [-0.4, -0.2) is 17.6 Å². The van der Waals surface area contributed by atoms with Crippen molar-refractivity contribution in [3.05, 3.63) is 40.4 Å². The second-order valence-electron chi connectivity index (χ2n) is 3.76. The predicted molar refractivity (Wildman–Crippen MR) is 77.2 cm³/mol. The van der Waals surface area contributed by atoms with Gasteiger partial charge in [0, 0.05) is 11.6 Å². The van der Waals surface area contributed by atoms with E-state index in [1.807, 2.05) is 17.5 Å². The second kappa shape index (κ2) is 6.54. The summed E-state index contributed by atoms with van der Waals surface area (Å²) in [5.74, 6) is -0.251. The van der Waals surface area contributed by atoms with Crippen LogP contribution in [0, 0.1) is 0 Å². The molecule has 2 aromatic rings. The Hall–Kier alpha value is -1.59. The van der Waals surface area contributed by atoms with Crippen LogP contribution in [0.25, 0.3) is 0 Å². The Morgan fingerprint density at radius 2 is 2.37 bits per heavy atom. The maximum atomic E-state index is 11.4. The van der Waals surface area contributed by atoms with E-state index in [4.69, 9.17) is 16.3 Å². The smallest absolute Gasteiger partial charge is 0.310 e. The van der Waals surface area contributed by atoms with Crippen molar-refractivity contribution in [3.8, 4) is 0 Å². The number of halogens is 1. The first-order valence-electron chi connectivity index (χ1n) is 5.79. The van der Waals surface area contributed by atoms with Gasteiger partial charge >= 0.3 is 5.97 Å². The van der Waals surface area contributed by atoms with E-state index in [0.717, 1.165) is 16.4 Å². The third-order valence-corrected chi connectivity index (χ3v) is 3.36. The molecule has 6 heteroatoms. The summed E-state index contributed by atoms with van der Waals surface area (Å²) < 4.78 is 4.90.